The Morgan fingerprint density at radius 1 is 1.31 bits per heavy atom. The summed E-state index contributed by atoms with van der Waals surface area (Å²) < 4.78 is 10.4. The molecule has 0 aromatic heterocycles. The number of hydrogen-bond acceptors (Lipinski definition) is 2. The fraction of sp³-hybridized carbons (Fsp3) is 0.455. The lowest BCUT2D eigenvalue weighted by Gasteiger charge is -2.05. The summed E-state index contributed by atoms with van der Waals surface area (Å²) in [7, 11) is 1.71. The highest BCUT2D eigenvalue weighted by Gasteiger charge is 1.95. The molecule has 0 aliphatic heterocycles. The van der Waals surface area contributed by atoms with E-state index in [1.807, 2.05) is 19.1 Å². The van der Waals surface area contributed by atoms with Gasteiger partial charge in [-0.05, 0) is 31.0 Å². The summed E-state index contributed by atoms with van der Waals surface area (Å²) >= 11 is 0. The van der Waals surface area contributed by atoms with E-state index in [0.29, 0.717) is 6.61 Å². The number of methoxy groups -OCH3 is 1. The second-order valence-electron chi connectivity index (χ2n) is 2.82. The molecule has 0 saturated carbocycles. The van der Waals surface area contributed by atoms with E-state index in [0.717, 1.165) is 18.8 Å². The summed E-state index contributed by atoms with van der Waals surface area (Å²) in [5, 5.41) is 0. The fourth-order valence-corrected chi connectivity index (χ4v) is 1.18. The third kappa shape index (κ3) is 3.47. The van der Waals surface area contributed by atoms with Gasteiger partial charge in [-0.25, -0.2) is 0 Å². The number of ether oxygens (including phenoxy) is 2. The van der Waals surface area contributed by atoms with Gasteiger partial charge in [0, 0.05) is 7.11 Å². The quantitative estimate of drug-likeness (QED) is 0.692. The predicted molar refractivity (Wildman–Crippen MR) is 53.2 cm³/mol. The molecule has 13 heavy (non-hydrogen) atoms. The monoisotopic (exact) mass is 180 g/mol. The van der Waals surface area contributed by atoms with Gasteiger partial charge in [-0.1, -0.05) is 12.1 Å². The molecule has 0 saturated heterocycles. The molecule has 0 N–H and O–H groups in total. The maximum atomic E-state index is 5.39. The van der Waals surface area contributed by atoms with E-state index in [4.69, 9.17) is 9.47 Å². The number of benzene rings is 1. The van der Waals surface area contributed by atoms with Crippen LogP contribution in [0.15, 0.2) is 24.3 Å². The minimum Gasteiger partial charge on any atom is -0.494 e. The molecule has 0 amide bonds. The van der Waals surface area contributed by atoms with Crippen LogP contribution in [0.2, 0.25) is 0 Å². The van der Waals surface area contributed by atoms with Crippen LogP contribution in [0.3, 0.4) is 0 Å². The van der Waals surface area contributed by atoms with Crippen molar-refractivity contribution < 1.29 is 9.47 Å². The van der Waals surface area contributed by atoms with Crippen LogP contribution in [0.4, 0.5) is 0 Å². The molecule has 0 aliphatic rings. The summed E-state index contributed by atoms with van der Waals surface area (Å²) in [6, 6.07) is 8.12. The van der Waals surface area contributed by atoms with Crippen molar-refractivity contribution in [3.8, 4) is 5.75 Å². The van der Waals surface area contributed by atoms with Crippen LogP contribution in [0.25, 0.3) is 0 Å². The maximum absolute atomic E-state index is 5.39. The molecule has 0 unspecified atom stereocenters. The lowest BCUT2D eigenvalue weighted by Crippen LogP contribution is -1.96. The molecule has 72 valence electrons. The Hall–Kier alpha value is -1.02. The van der Waals surface area contributed by atoms with Crippen LogP contribution in [-0.2, 0) is 11.2 Å². The summed E-state index contributed by atoms with van der Waals surface area (Å²) in [6.07, 6.45) is 0.942. The van der Waals surface area contributed by atoms with Crippen LogP contribution < -0.4 is 4.74 Å². The minimum absolute atomic E-state index is 0.716. The smallest absolute Gasteiger partial charge is 0.119 e. The van der Waals surface area contributed by atoms with Crippen molar-refractivity contribution in [2.45, 2.75) is 13.3 Å². The molecule has 0 heterocycles. The first kappa shape index (κ1) is 10.1. The van der Waals surface area contributed by atoms with Crippen LogP contribution in [0.5, 0.6) is 5.75 Å². The zero-order valence-electron chi connectivity index (χ0n) is 8.25. The molecule has 1 rings (SSSR count). The normalized spacial score (nSPS) is 10.0. The van der Waals surface area contributed by atoms with Gasteiger partial charge in [-0.3, -0.25) is 0 Å². The molecule has 0 spiro atoms. The average Bonchev–Trinajstić information content (AvgIpc) is 2.16. The lowest BCUT2D eigenvalue weighted by atomic mass is 10.1. The van der Waals surface area contributed by atoms with E-state index < -0.39 is 0 Å². The summed E-state index contributed by atoms with van der Waals surface area (Å²) in [6.45, 7) is 3.46. The van der Waals surface area contributed by atoms with Crippen molar-refractivity contribution in [1.29, 1.82) is 0 Å². The molecular weight excluding hydrogens is 164 g/mol. The van der Waals surface area contributed by atoms with Crippen LogP contribution in [0, 0.1) is 0 Å². The molecule has 0 fully saturated rings. The second-order valence-corrected chi connectivity index (χ2v) is 2.82. The van der Waals surface area contributed by atoms with Gasteiger partial charge >= 0.3 is 0 Å². The fourth-order valence-electron chi connectivity index (χ4n) is 1.18. The average molecular weight is 180 g/mol. The zero-order valence-corrected chi connectivity index (χ0v) is 8.25. The van der Waals surface area contributed by atoms with Crippen molar-refractivity contribution >= 4 is 0 Å². The minimum atomic E-state index is 0.716. The van der Waals surface area contributed by atoms with E-state index in [-0.39, 0.29) is 0 Å². The highest BCUT2D eigenvalue weighted by atomic mass is 16.5. The molecule has 1 aromatic rings. The largest absolute Gasteiger partial charge is 0.494 e. The van der Waals surface area contributed by atoms with E-state index in [9.17, 15) is 0 Å². The van der Waals surface area contributed by atoms with Gasteiger partial charge in [-0.2, -0.15) is 0 Å². The van der Waals surface area contributed by atoms with Crippen molar-refractivity contribution in [3.05, 3.63) is 29.8 Å². The van der Waals surface area contributed by atoms with Gasteiger partial charge < -0.3 is 9.47 Å². The van der Waals surface area contributed by atoms with Crippen molar-refractivity contribution in [3.63, 3.8) is 0 Å². The van der Waals surface area contributed by atoms with E-state index in [1.165, 1.54) is 5.56 Å². The van der Waals surface area contributed by atoms with Crippen LogP contribution >= 0.6 is 0 Å². The highest BCUT2D eigenvalue weighted by molar-refractivity contribution is 5.28. The van der Waals surface area contributed by atoms with Crippen LogP contribution in [-0.4, -0.2) is 20.3 Å². The Morgan fingerprint density at radius 2 is 2.15 bits per heavy atom. The van der Waals surface area contributed by atoms with Gasteiger partial charge in [0.2, 0.25) is 0 Å². The first-order valence-electron chi connectivity index (χ1n) is 4.57. The molecule has 1 aromatic carbocycles. The summed E-state index contributed by atoms with van der Waals surface area (Å²) in [5.41, 5.74) is 1.26. The third-order valence-corrected chi connectivity index (χ3v) is 1.80. The number of hydrogen-bond donors (Lipinski definition) is 0. The first-order chi connectivity index (χ1) is 6.36. The van der Waals surface area contributed by atoms with E-state index in [1.54, 1.807) is 7.11 Å². The third-order valence-electron chi connectivity index (χ3n) is 1.80. The lowest BCUT2D eigenvalue weighted by molar-refractivity contribution is 0.202. The van der Waals surface area contributed by atoms with Crippen LogP contribution in [0.1, 0.15) is 12.5 Å². The van der Waals surface area contributed by atoms with Crippen molar-refractivity contribution in [2.75, 3.05) is 20.3 Å². The van der Waals surface area contributed by atoms with Gasteiger partial charge in [0.05, 0.1) is 13.2 Å². The Bertz CT molecular complexity index is 246. The summed E-state index contributed by atoms with van der Waals surface area (Å²) in [5.74, 6) is 0.941. The van der Waals surface area contributed by atoms with Gasteiger partial charge in [0.25, 0.3) is 0 Å². The predicted octanol–water partition coefficient (Wildman–Crippen LogP) is 2.27. The van der Waals surface area contributed by atoms with E-state index in [2.05, 4.69) is 12.1 Å². The van der Waals surface area contributed by atoms with E-state index >= 15 is 0 Å². The van der Waals surface area contributed by atoms with Gasteiger partial charge in [0.1, 0.15) is 5.75 Å². The second kappa shape index (κ2) is 5.60. The maximum Gasteiger partial charge on any atom is 0.119 e. The Kier molecular flexibility index (Phi) is 4.33. The molecule has 2 heteroatoms. The molecule has 0 atom stereocenters. The molecule has 0 radical (unpaired) electrons. The van der Waals surface area contributed by atoms with Gasteiger partial charge in [-0.15, -0.1) is 0 Å². The van der Waals surface area contributed by atoms with Crippen molar-refractivity contribution in [1.82, 2.24) is 0 Å². The molecular formula is C11H16O2. The Morgan fingerprint density at radius 3 is 2.85 bits per heavy atom. The first-order valence-corrected chi connectivity index (χ1v) is 4.57. The Labute approximate surface area is 79.5 Å². The summed E-state index contributed by atoms with van der Waals surface area (Å²) in [4.78, 5) is 0. The standard InChI is InChI=1S/C11H16O2/c1-3-13-11-6-4-5-10(9-11)7-8-12-2/h4-6,9H,3,7-8H2,1-2H3. The highest BCUT2D eigenvalue weighted by Crippen LogP contribution is 2.13. The van der Waals surface area contributed by atoms with Crippen molar-refractivity contribution in [2.24, 2.45) is 0 Å². The number of rotatable bonds is 5. The molecule has 0 bridgehead atoms. The zero-order chi connectivity index (χ0) is 9.52. The molecule has 2 nitrogen and oxygen atoms in total. The SMILES string of the molecule is CCOc1cccc(CCOC)c1. The Balaban J connectivity index is 2.56. The van der Waals surface area contributed by atoms with Gasteiger partial charge in [0.15, 0.2) is 0 Å². The molecule has 0 aliphatic carbocycles. The topological polar surface area (TPSA) is 18.5 Å².